The van der Waals surface area contributed by atoms with E-state index in [1.165, 1.54) is 47.4 Å². The molecular formula is C29H33F2N3O4S. The van der Waals surface area contributed by atoms with E-state index in [9.17, 15) is 26.8 Å². The molecule has 2 atom stereocenters. The molecule has 0 aromatic heterocycles. The summed E-state index contributed by atoms with van der Waals surface area (Å²) in [6, 6.07) is 18.6. The Morgan fingerprint density at radius 2 is 1.51 bits per heavy atom. The average molecular weight is 558 g/mol. The van der Waals surface area contributed by atoms with Gasteiger partial charge in [-0.3, -0.25) is 13.9 Å². The third kappa shape index (κ3) is 8.35. The maximum Gasteiger partial charge on any atom is 0.244 e. The highest BCUT2D eigenvalue weighted by molar-refractivity contribution is 7.92. The van der Waals surface area contributed by atoms with Crippen molar-refractivity contribution in [2.24, 2.45) is 0 Å². The normalized spacial score (nSPS) is 12.8. The van der Waals surface area contributed by atoms with Gasteiger partial charge in [-0.25, -0.2) is 17.2 Å². The summed E-state index contributed by atoms with van der Waals surface area (Å²) >= 11 is 0. The Labute approximate surface area is 228 Å². The van der Waals surface area contributed by atoms with Gasteiger partial charge in [0.25, 0.3) is 0 Å². The van der Waals surface area contributed by atoms with Crippen molar-refractivity contribution in [3.05, 3.63) is 102 Å². The highest BCUT2D eigenvalue weighted by Crippen LogP contribution is 2.23. The van der Waals surface area contributed by atoms with Crippen molar-refractivity contribution in [1.82, 2.24) is 10.2 Å². The van der Waals surface area contributed by atoms with Gasteiger partial charge in [-0.05, 0) is 48.7 Å². The van der Waals surface area contributed by atoms with Crippen LogP contribution >= 0.6 is 0 Å². The van der Waals surface area contributed by atoms with Crippen LogP contribution in [0.15, 0.2) is 78.9 Å². The van der Waals surface area contributed by atoms with Crippen LogP contribution in [0, 0.1) is 11.6 Å². The number of benzene rings is 3. The van der Waals surface area contributed by atoms with Crippen molar-refractivity contribution in [2.75, 3.05) is 17.1 Å². The van der Waals surface area contributed by atoms with Crippen molar-refractivity contribution in [1.29, 1.82) is 0 Å². The lowest BCUT2D eigenvalue weighted by Gasteiger charge is -2.34. The molecule has 0 bridgehead atoms. The summed E-state index contributed by atoms with van der Waals surface area (Å²) in [6.07, 6.45) is 1.69. The zero-order valence-corrected chi connectivity index (χ0v) is 23.0. The molecule has 3 aromatic rings. The first-order valence-electron chi connectivity index (χ1n) is 12.6. The Hall–Kier alpha value is -3.79. The standard InChI is InChI=1S/C29H33F2N3O4S/c1-4-21(2)32-29(36)27(18-22-10-6-5-7-11-22)33(19-23-14-16-24(30)17-15-23)28(35)20-34(39(3,37)38)26-13-9-8-12-25(26)31/h5-17,21,27H,4,18-20H2,1-3H3,(H,32,36)/t21-,27+/m0/s1. The molecule has 0 saturated heterocycles. The van der Waals surface area contributed by atoms with Gasteiger partial charge >= 0.3 is 0 Å². The highest BCUT2D eigenvalue weighted by atomic mass is 32.2. The zero-order valence-electron chi connectivity index (χ0n) is 22.2. The molecule has 3 aromatic carbocycles. The summed E-state index contributed by atoms with van der Waals surface area (Å²) in [5.74, 6) is -2.40. The minimum Gasteiger partial charge on any atom is -0.352 e. The van der Waals surface area contributed by atoms with Gasteiger partial charge in [-0.15, -0.1) is 0 Å². The molecule has 208 valence electrons. The van der Waals surface area contributed by atoms with Crippen molar-refractivity contribution in [2.45, 2.75) is 45.3 Å². The molecule has 0 unspecified atom stereocenters. The number of para-hydroxylation sites is 1. The number of anilines is 1. The number of hydrogen-bond donors (Lipinski definition) is 1. The number of sulfonamides is 1. The number of carbonyl (C=O) groups is 2. The highest BCUT2D eigenvalue weighted by Gasteiger charge is 2.34. The molecule has 2 amide bonds. The molecule has 3 rings (SSSR count). The van der Waals surface area contributed by atoms with E-state index in [2.05, 4.69) is 5.32 Å². The molecule has 0 aliphatic rings. The molecule has 39 heavy (non-hydrogen) atoms. The fourth-order valence-corrected chi connectivity index (χ4v) is 4.88. The smallest absolute Gasteiger partial charge is 0.244 e. The van der Waals surface area contributed by atoms with Gasteiger partial charge in [0, 0.05) is 19.0 Å². The Bertz CT molecular complexity index is 1370. The number of hydrogen-bond acceptors (Lipinski definition) is 4. The van der Waals surface area contributed by atoms with Gasteiger partial charge in [-0.2, -0.15) is 0 Å². The number of carbonyl (C=O) groups excluding carboxylic acids is 2. The summed E-state index contributed by atoms with van der Waals surface area (Å²) in [7, 11) is -4.08. The maximum absolute atomic E-state index is 14.6. The van der Waals surface area contributed by atoms with Crippen LogP contribution in [0.5, 0.6) is 0 Å². The number of rotatable bonds is 12. The van der Waals surface area contributed by atoms with Crippen molar-refractivity contribution >= 4 is 27.5 Å². The first-order chi connectivity index (χ1) is 18.5. The summed E-state index contributed by atoms with van der Waals surface area (Å²) in [6.45, 7) is 2.92. The number of halogens is 2. The van der Waals surface area contributed by atoms with E-state index in [-0.39, 0.29) is 24.7 Å². The fourth-order valence-electron chi connectivity index (χ4n) is 4.03. The van der Waals surface area contributed by atoms with Crippen LogP contribution in [0.3, 0.4) is 0 Å². The molecule has 0 radical (unpaired) electrons. The third-order valence-electron chi connectivity index (χ3n) is 6.34. The van der Waals surface area contributed by atoms with Crippen LogP contribution in [-0.2, 0) is 32.6 Å². The minimum atomic E-state index is -4.08. The van der Waals surface area contributed by atoms with Crippen molar-refractivity contribution in [3.8, 4) is 0 Å². The van der Waals surface area contributed by atoms with Crippen LogP contribution in [0.25, 0.3) is 0 Å². The quantitative estimate of drug-likeness (QED) is 0.360. The van der Waals surface area contributed by atoms with Gasteiger partial charge in [-0.1, -0.05) is 61.5 Å². The van der Waals surface area contributed by atoms with Crippen LogP contribution in [0.4, 0.5) is 14.5 Å². The van der Waals surface area contributed by atoms with Gasteiger partial charge in [0.15, 0.2) is 0 Å². The molecule has 0 saturated carbocycles. The van der Waals surface area contributed by atoms with E-state index in [1.54, 1.807) is 0 Å². The minimum absolute atomic E-state index is 0.0978. The summed E-state index contributed by atoms with van der Waals surface area (Å²) in [5, 5.41) is 2.92. The van der Waals surface area contributed by atoms with Crippen molar-refractivity contribution in [3.63, 3.8) is 0 Å². The van der Waals surface area contributed by atoms with Gasteiger partial charge < -0.3 is 10.2 Å². The predicted octanol–water partition coefficient (Wildman–Crippen LogP) is 4.29. The molecule has 0 aliphatic heterocycles. The van der Waals surface area contributed by atoms with Gasteiger partial charge in [0.2, 0.25) is 21.8 Å². The lowest BCUT2D eigenvalue weighted by Crippen LogP contribution is -2.54. The summed E-state index contributed by atoms with van der Waals surface area (Å²) < 4.78 is 54.3. The molecular weight excluding hydrogens is 524 g/mol. The summed E-state index contributed by atoms with van der Waals surface area (Å²) in [4.78, 5) is 28.7. The van der Waals surface area contributed by atoms with E-state index in [0.717, 1.165) is 17.9 Å². The Balaban J connectivity index is 2.06. The van der Waals surface area contributed by atoms with E-state index < -0.39 is 46.1 Å². The number of amides is 2. The zero-order chi connectivity index (χ0) is 28.6. The van der Waals surface area contributed by atoms with E-state index in [0.29, 0.717) is 16.3 Å². The van der Waals surface area contributed by atoms with Gasteiger partial charge in [0.1, 0.15) is 24.2 Å². The van der Waals surface area contributed by atoms with Gasteiger partial charge in [0.05, 0.1) is 11.9 Å². The molecule has 0 aliphatic carbocycles. The average Bonchev–Trinajstić information content (AvgIpc) is 2.90. The van der Waals surface area contributed by atoms with Crippen LogP contribution in [0.2, 0.25) is 0 Å². The first-order valence-corrected chi connectivity index (χ1v) is 14.4. The SMILES string of the molecule is CC[C@H](C)NC(=O)[C@@H](Cc1ccccc1)N(Cc1ccc(F)cc1)C(=O)CN(c1ccccc1F)S(C)(=O)=O. The molecule has 0 fully saturated rings. The number of nitrogens with one attached hydrogen (secondary N) is 1. The largest absolute Gasteiger partial charge is 0.352 e. The first kappa shape index (κ1) is 29.8. The molecule has 7 nitrogen and oxygen atoms in total. The second-order valence-electron chi connectivity index (χ2n) is 9.39. The molecule has 1 N–H and O–H groups in total. The van der Waals surface area contributed by atoms with Crippen LogP contribution in [0.1, 0.15) is 31.4 Å². The Morgan fingerprint density at radius 1 is 0.897 bits per heavy atom. The fraction of sp³-hybridized carbons (Fsp3) is 0.310. The lowest BCUT2D eigenvalue weighted by atomic mass is 10.0. The summed E-state index contributed by atoms with van der Waals surface area (Å²) in [5.41, 5.74) is 1.04. The third-order valence-corrected chi connectivity index (χ3v) is 7.47. The van der Waals surface area contributed by atoms with E-state index in [4.69, 9.17) is 0 Å². The maximum atomic E-state index is 14.6. The second-order valence-corrected chi connectivity index (χ2v) is 11.3. The van der Waals surface area contributed by atoms with Crippen LogP contribution < -0.4 is 9.62 Å². The second kappa shape index (κ2) is 13.3. The topological polar surface area (TPSA) is 86.8 Å². The number of nitrogens with zero attached hydrogens (tertiary/aromatic N) is 2. The lowest BCUT2D eigenvalue weighted by molar-refractivity contribution is -0.140. The Morgan fingerprint density at radius 3 is 2.10 bits per heavy atom. The molecule has 10 heteroatoms. The monoisotopic (exact) mass is 557 g/mol. The van der Waals surface area contributed by atoms with E-state index in [1.807, 2.05) is 44.2 Å². The molecule has 0 spiro atoms. The predicted molar refractivity (Wildman–Crippen MR) is 147 cm³/mol. The van der Waals surface area contributed by atoms with Crippen molar-refractivity contribution < 1.29 is 26.8 Å². The van der Waals surface area contributed by atoms with E-state index >= 15 is 0 Å². The molecule has 0 heterocycles. The Kier molecular flexibility index (Phi) is 10.2. The van der Waals surface area contributed by atoms with Crippen LogP contribution in [-0.4, -0.2) is 50.0 Å².